The maximum absolute atomic E-state index is 4.34. The molecule has 78 valence electrons. The molecule has 1 heterocycles. The van der Waals surface area contributed by atoms with Gasteiger partial charge in [-0.2, -0.15) is 0 Å². The van der Waals surface area contributed by atoms with Crippen molar-refractivity contribution in [2.24, 2.45) is 5.92 Å². The van der Waals surface area contributed by atoms with Crippen molar-refractivity contribution in [3.05, 3.63) is 18.3 Å². The fraction of sp³-hybridized carbons (Fsp3) is 0.545. The van der Waals surface area contributed by atoms with Gasteiger partial charge in [0, 0.05) is 17.1 Å². The van der Waals surface area contributed by atoms with E-state index >= 15 is 0 Å². The molecule has 2 nitrogen and oxygen atoms in total. The van der Waals surface area contributed by atoms with E-state index in [1.807, 2.05) is 12.3 Å². The Morgan fingerprint density at radius 1 is 1.29 bits per heavy atom. The molecule has 14 heavy (non-hydrogen) atoms. The van der Waals surface area contributed by atoms with Gasteiger partial charge in [-0.15, -0.1) is 11.8 Å². The first kappa shape index (κ1) is 11.4. The highest BCUT2D eigenvalue weighted by atomic mass is 32.2. The zero-order chi connectivity index (χ0) is 10.6. The molecule has 0 spiro atoms. The summed E-state index contributed by atoms with van der Waals surface area (Å²) in [6.45, 7) is 6.58. The Kier molecular flexibility index (Phi) is 4.26. The van der Waals surface area contributed by atoms with Crippen LogP contribution in [0.5, 0.6) is 0 Å². The quantitative estimate of drug-likeness (QED) is 0.772. The largest absolute Gasteiger partial charge is 0.367 e. The molecule has 3 heteroatoms. The predicted octanol–water partition coefficient (Wildman–Crippen LogP) is 3.26. The third-order valence-electron chi connectivity index (χ3n) is 2.35. The standard InChI is InChI=1S/C11H18N2S/c1-8(2)9(3)13-11-6-5-10(14-4)7-12-11/h5-9H,1-4H3,(H,12,13). The van der Waals surface area contributed by atoms with E-state index < -0.39 is 0 Å². The minimum absolute atomic E-state index is 0.461. The molecule has 0 aromatic carbocycles. The number of hydrogen-bond acceptors (Lipinski definition) is 3. The Bertz CT molecular complexity index is 269. The second kappa shape index (κ2) is 5.25. The van der Waals surface area contributed by atoms with Crippen molar-refractivity contribution in [2.75, 3.05) is 11.6 Å². The number of aromatic nitrogens is 1. The van der Waals surface area contributed by atoms with E-state index in [0.29, 0.717) is 12.0 Å². The normalized spacial score (nSPS) is 12.9. The van der Waals surface area contributed by atoms with Crippen LogP contribution in [0.1, 0.15) is 20.8 Å². The van der Waals surface area contributed by atoms with Crippen molar-refractivity contribution in [2.45, 2.75) is 31.7 Å². The first-order valence-electron chi connectivity index (χ1n) is 4.90. The van der Waals surface area contributed by atoms with Gasteiger partial charge in [0.15, 0.2) is 0 Å². The molecule has 1 rings (SSSR count). The van der Waals surface area contributed by atoms with Crippen LogP contribution in [0, 0.1) is 5.92 Å². The molecule has 0 bridgehead atoms. The van der Waals surface area contributed by atoms with Crippen LogP contribution >= 0.6 is 11.8 Å². The number of nitrogens with one attached hydrogen (secondary N) is 1. The van der Waals surface area contributed by atoms with Crippen LogP contribution in [-0.4, -0.2) is 17.3 Å². The molecule has 1 N–H and O–H groups in total. The zero-order valence-electron chi connectivity index (χ0n) is 9.24. The lowest BCUT2D eigenvalue weighted by Gasteiger charge is -2.17. The summed E-state index contributed by atoms with van der Waals surface area (Å²) in [4.78, 5) is 5.54. The number of rotatable bonds is 4. The van der Waals surface area contributed by atoms with Gasteiger partial charge in [0.1, 0.15) is 5.82 Å². The summed E-state index contributed by atoms with van der Waals surface area (Å²) in [7, 11) is 0. The molecule has 1 aromatic heterocycles. The molecular weight excluding hydrogens is 192 g/mol. The van der Waals surface area contributed by atoms with Gasteiger partial charge in [-0.1, -0.05) is 13.8 Å². The first-order chi connectivity index (χ1) is 6.63. The topological polar surface area (TPSA) is 24.9 Å². The van der Waals surface area contributed by atoms with Gasteiger partial charge >= 0.3 is 0 Å². The highest BCUT2D eigenvalue weighted by Crippen LogP contribution is 2.16. The van der Waals surface area contributed by atoms with E-state index in [1.54, 1.807) is 11.8 Å². The molecular formula is C11H18N2S. The Morgan fingerprint density at radius 3 is 2.43 bits per heavy atom. The van der Waals surface area contributed by atoms with Crippen molar-refractivity contribution < 1.29 is 0 Å². The summed E-state index contributed by atoms with van der Waals surface area (Å²) in [5, 5.41) is 3.37. The van der Waals surface area contributed by atoms with Gasteiger partial charge in [-0.25, -0.2) is 4.98 Å². The zero-order valence-corrected chi connectivity index (χ0v) is 10.1. The van der Waals surface area contributed by atoms with E-state index in [0.717, 1.165) is 5.82 Å². The molecule has 1 aromatic rings. The molecule has 0 aliphatic rings. The van der Waals surface area contributed by atoms with E-state index in [2.05, 4.69) is 43.4 Å². The summed E-state index contributed by atoms with van der Waals surface area (Å²) in [6.07, 6.45) is 3.96. The molecule has 0 amide bonds. The summed E-state index contributed by atoms with van der Waals surface area (Å²) in [5.41, 5.74) is 0. The van der Waals surface area contributed by atoms with Crippen LogP contribution in [-0.2, 0) is 0 Å². The van der Waals surface area contributed by atoms with Crippen LogP contribution < -0.4 is 5.32 Å². The minimum atomic E-state index is 0.461. The maximum Gasteiger partial charge on any atom is 0.126 e. The summed E-state index contributed by atoms with van der Waals surface area (Å²) >= 11 is 1.71. The highest BCUT2D eigenvalue weighted by Gasteiger charge is 2.06. The van der Waals surface area contributed by atoms with Crippen molar-refractivity contribution >= 4 is 17.6 Å². The monoisotopic (exact) mass is 210 g/mol. The van der Waals surface area contributed by atoms with E-state index in [4.69, 9.17) is 0 Å². The number of pyridine rings is 1. The molecule has 0 fully saturated rings. The Balaban J connectivity index is 2.59. The van der Waals surface area contributed by atoms with Gasteiger partial charge in [0.05, 0.1) is 0 Å². The summed E-state index contributed by atoms with van der Waals surface area (Å²) in [5.74, 6) is 1.58. The minimum Gasteiger partial charge on any atom is -0.367 e. The Hall–Kier alpha value is -0.700. The summed E-state index contributed by atoms with van der Waals surface area (Å²) in [6, 6.07) is 4.58. The lowest BCUT2D eigenvalue weighted by Crippen LogP contribution is -2.21. The van der Waals surface area contributed by atoms with Crippen LogP contribution in [0.2, 0.25) is 0 Å². The SMILES string of the molecule is CSc1ccc(NC(C)C(C)C)nc1. The predicted molar refractivity (Wildman–Crippen MR) is 63.9 cm³/mol. The molecule has 0 radical (unpaired) electrons. The van der Waals surface area contributed by atoms with Gasteiger partial charge in [-0.05, 0) is 31.2 Å². The van der Waals surface area contributed by atoms with Gasteiger partial charge in [0.25, 0.3) is 0 Å². The number of hydrogen-bond donors (Lipinski definition) is 1. The van der Waals surface area contributed by atoms with E-state index in [1.165, 1.54) is 4.90 Å². The van der Waals surface area contributed by atoms with Gasteiger partial charge in [-0.3, -0.25) is 0 Å². The van der Waals surface area contributed by atoms with Crippen molar-refractivity contribution in [3.8, 4) is 0 Å². The Labute approximate surface area is 90.5 Å². The molecule has 0 aliphatic heterocycles. The molecule has 1 atom stereocenters. The lowest BCUT2D eigenvalue weighted by molar-refractivity contribution is 0.558. The second-order valence-corrected chi connectivity index (χ2v) is 4.64. The van der Waals surface area contributed by atoms with Crippen molar-refractivity contribution in [3.63, 3.8) is 0 Å². The third kappa shape index (κ3) is 3.22. The van der Waals surface area contributed by atoms with Crippen LogP contribution in [0.25, 0.3) is 0 Å². The molecule has 0 saturated carbocycles. The number of anilines is 1. The van der Waals surface area contributed by atoms with Gasteiger partial charge < -0.3 is 5.32 Å². The van der Waals surface area contributed by atoms with Crippen LogP contribution in [0.4, 0.5) is 5.82 Å². The third-order valence-corrected chi connectivity index (χ3v) is 3.06. The van der Waals surface area contributed by atoms with E-state index in [-0.39, 0.29) is 0 Å². The Morgan fingerprint density at radius 2 is 2.00 bits per heavy atom. The fourth-order valence-electron chi connectivity index (χ4n) is 0.986. The average molecular weight is 210 g/mol. The second-order valence-electron chi connectivity index (χ2n) is 3.76. The van der Waals surface area contributed by atoms with Gasteiger partial charge in [0.2, 0.25) is 0 Å². The lowest BCUT2D eigenvalue weighted by atomic mass is 10.1. The molecule has 0 saturated heterocycles. The number of thioether (sulfide) groups is 1. The van der Waals surface area contributed by atoms with Crippen molar-refractivity contribution in [1.29, 1.82) is 0 Å². The number of nitrogens with zero attached hydrogens (tertiary/aromatic N) is 1. The average Bonchev–Trinajstić information content (AvgIpc) is 2.19. The van der Waals surface area contributed by atoms with Crippen molar-refractivity contribution in [1.82, 2.24) is 4.98 Å². The summed E-state index contributed by atoms with van der Waals surface area (Å²) < 4.78 is 0. The fourth-order valence-corrected chi connectivity index (χ4v) is 1.35. The highest BCUT2D eigenvalue weighted by molar-refractivity contribution is 7.98. The van der Waals surface area contributed by atoms with Crippen LogP contribution in [0.15, 0.2) is 23.2 Å². The van der Waals surface area contributed by atoms with E-state index in [9.17, 15) is 0 Å². The maximum atomic E-state index is 4.34. The first-order valence-corrected chi connectivity index (χ1v) is 6.12. The molecule has 0 aliphatic carbocycles. The molecule has 1 unspecified atom stereocenters. The van der Waals surface area contributed by atoms with Crippen LogP contribution in [0.3, 0.4) is 0 Å². The smallest absolute Gasteiger partial charge is 0.126 e.